The number of aliphatic carboxylic acids is 1. The first-order valence-corrected chi connectivity index (χ1v) is 10.3. The van der Waals surface area contributed by atoms with Gasteiger partial charge < -0.3 is 20.6 Å². The first-order chi connectivity index (χ1) is 13.6. The number of fused-ring (bicyclic) bond motifs is 3. The van der Waals surface area contributed by atoms with Gasteiger partial charge in [0, 0.05) is 44.5 Å². The predicted molar refractivity (Wildman–Crippen MR) is 105 cm³/mol. The van der Waals surface area contributed by atoms with Crippen molar-refractivity contribution in [3.05, 3.63) is 23.4 Å². The number of piperidine rings is 1. The zero-order valence-electron chi connectivity index (χ0n) is 16.2. The van der Waals surface area contributed by atoms with Crippen LogP contribution in [0.5, 0.6) is 0 Å². The van der Waals surface area contributed by atoms with Crippen molar-refractivity contribution in [2.75, 3.05) is 44.6 Å². The van der Waals surface area contributed by atoms with E-state index in [9.17, 15) is 9.59 Å². The first kappa shape index (κ1) is 19.0. The lowest BCUT2D eigenvalue weighted by molar-refractivity contribution is -0.138. The Balaban J connectivity index is 1.21. The van der Waals surface area contributed by atoms with E-state index >= 15 is 0 Å². The topological polar surface area (TPSA) is 97.8 Å². The average Bonchev–Trinajstić information content (AvgIpc) is 2.98. The van der Waals surface area contributed by atoms with E-state index in [1.54, 1.807) is 0 Å². The lowest BCUT2D eigenvalue weighted by Crippen LogP contribution is -2.48. The molecule has 4 heterocycles. The van der Waals surface area contributed by atoms with Gasteiger partial charge in [0.15, 0.2) is 0 Å². The van der Waals surface area contributed by atoms with Gasteiger partial charge in [-0.2, -0.15) is 0 Å². The second-order valence-electron chi connectivity index (χ2n) is 8.17. The Morgan fingerprint density at radius 1 is 1.29 bits per heavy atom. The number of pyridine rings is 1. The number of hydrogen-bond acceptors (Lipinski definition) is 5. The minimum Gasteiger partial charge on any atom is -0.480 e. The van der Waals surface area contributed by atoms with Gasteiger partial charge in [-0.15, -0.1) is 0 Å². The molecule has 3 aliphatic rings. The number of carboxylic acid groups (broad SMARTS) is 1. The van der Waals surface area contributed by atoms with Crippen LogP contribution in [0.25, 0.3) is 0 Å². The minimum atomic E-state index is -0.803. The van der Waals surface area contributed by atoms with Gasteiger partial charge in [0.1, 0.15) is 5.82 Å². The molecule has 0 radical (unpaired) electrons. The zero-order valence-corrected chi connectivity index (χ0v) is 16.2. The Morgan fingerprint density at radius 3 is 3.04 bits per heavy atom. The largest absolute Gasteiger partial charge is 0.480 e. The number of aromatic nitrogens is 1. The molecular weight excluding hydrogens is 358 g/mol. The molecule has 3 aliphatic heterocycles. The highest BCUT2D eigenvalue weighted by Gasteiger charge is 2.41. The molecule has 0 aromatic carbocycles. The highest BCUT2D eigenvalue weighted by molar-refractivity contribution is 5.75. The maximum Gasteiger partial charge on any atom is 0.317 e. The Hall–Kier alpha value is -2.35. The van der Waals surface area contributed by atoms with Crippen molar-refractivity contribution in [1.29, 1.82) is 0 Å². The standard InChI is InChI=1S/C20H29N5O3/c26-18(27)13-24-10-14-9-17(12-24)25(11-14)20(28)22-8-2-4-16-6-5-15-3-1-7-21-19(15)23-16/h5-6,14,17H,1-4,7-13H2,(H,21,23)(H,22,28)(H,26,27). The number of urea groups is 1. The third-order valence-corrected chi connectivity index (χ3v) is 5.94. The molecule has 0 saturated carbocycles. The van der Waals surface area contributed by atoms with Crippen LogP contribution in [-0.4, -0.2) is 77.2 Å². The van der Waals surface area contributed by atoms with Gasteiger partial charge in [0.2, 0.25) is 0 Å². The van der Waals surface area contributed by atoms with Crippen LogP contribution in [0.2, 0.25) is 0 Å². The van der Waals surface area contributed by atoms with Crippen LogP contribution >= 0.6 is 0 Å². The van der Waals surface area contributed by atoms with Crippen molar-refractivity contribution in [3.63, 3.8) is 0 Å². The summed E-state index contributed by atoms with van der Waals surface area (Å²) in [6, 6.07) is 4.36. The number of carboxylic acids is 1. The average molecular weight is 387 g/mol. The SMILES string of the molecule is O=C(O)CN1CC2CC(C1)N(C(=O)NCCCc1ccc3c(n1)NCCC3)C2. The molecule has 1 aromatic heterocycles. The second kappa shape index (κ2) is 8.34. The summed E-state index contributed by atoms with van der Waals surface area (Å²) < 4.78 is 0. The van der Waals surface area contributed by atoms with E-state index < -0.39 is 5.97 Å². The summed E-state index contributed by atoms with van der Waals surface area (Å²) >= 11 is 0. The zero-order chi connectivity index (χ0) is 19.5. The van der Waals surface area contributed by atoms with Crippen LogP contribution in [0.4, 0.5) is 10.6 Å². The molecule has 2 bridgehead atoms. The van der Waals surface area contributed by atoms with Crippen LogP contribution in [0.15, 0.2) is 12.1 Å². The first-order valence-electron chi connectivity index (χ1n) is 10.3. The molecule has 3 N–H and O–H groups in total. The van der Waals surface area contributed by atoms with Crippen molar-refractivity contribution in [2.45, 2.75) is 38.1 Å². The van der Waals surface area contributed by atoms with Gasteiger partial charge in [0.25, 0.3) is 0 Å². The molecule has 2 unspecified atom stereocenters. The summed E-state index contributed by atoms with van der Waals surface area (Å²) in [6.45, 7) is 3.82. The van der Waals surface area contributed by atoms with Crippen molar-refractivity contribution in [2.24, 2.45) is 5.92 Å². The van der Waals surface area contributed by atoms with Crippen LogP contribution in [0.1, 0.15) is 30.5 Å². The molecule has 8 nitrogen and oxygen atoms in total. The lowest BCUT2D eigenvalue weighted by Gasteiger charge is -2.31. The highest BCUT2D eigenvalue weighted by Crippen LogP contribution is 2.29. The summed E-state index contributed by atoms with van der Waals surface area (Å²) in [4.78, 5) is 32.1. The normalized spacial score (nSPS) is 23.8. The van der Waals surface area contributed by atoms with Gasteiger partial charge in [-0.1, -0.05) is 6.07 Å². The van der Waals surface area contributed by atoms with Gasteiger partial charge in [-0.25, -0.2) is 9.78 Å². The number of anilines is 1. The van der Waals surface area contributed by atoms with Crippen LogP contribution < -0.4 is 10.6 Å². The lowest BCUT2D eigenvalue weighted by atomic mass is 10.0. The van der Waals surface area contributed by atoms with E-state index in [1.165, 1.54) is 5.56 Å². The van der Waals surface area contributed by atoms with Crippen LogP contribution in [0, 0.1) is 5.92 Å². The molecular formula is C20H29N5O3. The fourth-order valence-electron chi connectivity index (χ4n) is 4.70. The molecule has 0 spiro atoms. The fourth-order valence-corrected chi connectivity index (χ4v) is 4.70. The predicted octanol–water partition coefficient (Wildman–Crippen LogP) is 1.17. The number of aryl methyl sites for hydroxylation is 2. The number of rotatable bonds is 6. The molecule has 2 amide bonds. The van der Waals surface area contributed by atoms with Crippen molar-refractivity contribution < 1.29 is 14.7 Å². The van der Waals surface area contributed by atoms with E-state index in [4.69, 9.17) is 10.1 Å². The Bertz CT molecular complexity index is 741. The number of hydrogen-bond donors (Lipinski definition) is 3. The maximum absolute atomic E-state index is 12.6. The number of carbonyl (C=O) groups is 2. The summed E-state index contributed by atoms with van der Waals surface area (Å²) in [6.07, 6.45) is 4.92. The summed E-state index contributed by atoms with van der Waals surface area (Å²) in [7, 11) is 0. The van der Waals surface area contributed by atoms with E-state index in [1.807, 2.05) is 9.80 Å². The monoisotopic (exact) mass is 387 g/mol. The number of nitrogens with zero attached hydrogens (tertiary/aromatic N) is 3. The number of likely N-dealkylation sites (tertiary alicyclic amines) is 2. The van der Waals surface area contributed by atoms with E-state index in [0.29, 0.717) is 19.0 Å². The van der Waals surface area contributed by atoms with Gasteiger partial charge >= 0.3 is 12.0 Å². The second-order valence-corrected chi connectivity index (χ2v) is 8.17. The summed E-state index contributed by atoms with van der Waals surface area (Å²) in [5, 5.41) is 15.4. The fraction of sp³-hybridized carbons (Fsp3) is 0.650. The van der Waals surface area contributed by atoms with Crippen LogP contribution in [-0.2, 0) is 17.6 Å². The van der Waals surface area contributed by atoms with Crippen molar-refractivity contribution in [1.82, 2.24) is 20.1 Å². The quantitative estimate of drug-likeness (QED) is 0.634. The molecule has 0 aliphatic carbocycles. The van der Waals surface area contributed by atoms with Gasteiger partial charge in [-0.3, -0.25) is 9.69 Å². The molecule has 2 saturated heterocycles. The molecule has 152 valence electrons. The van der Waals surface area contributed by atoms with E-state index in [-0.39, 0.29) is 18.6 Å². The van der Waals surface area contributed by atoms with E-state index in [0.717, 1.165) is 63.3 Å². The maximum atomic E-state index is 12.6. The molecule has 8 heteroatoms. The highest BCUT2D eigenvalue weighted by atomic mass is 16.4. The third kappa shape index (κ3) is 4.38. The Morgan fingerprint density at radius 2 is 2.18 bits per heavy atom. The number of carbonyl (C=O) groups excluding carboxylic acids is 1. The van der Waals surface area contributed by atoms with Crippen LogP contribution in [0.3, 0.4) is 0 Å². The molecule has 2 fully saturated rings. The summed E-state index contributed by atoms with van der Waals surface area (Å²) in [5.74, 6) is 0.599. The number of amides is 2. The molecule has 1 aromatic rings. The Kier molecular flexibility index (Phi) is 5.66. The van der Waals surface area contributed by atoms with E-state index in [2.05, 4.69) is 22.8 Å². The molecule has 2 atom stereocenters. The minimum absolute atomic E-state index is 0.0234. The summed E-state index contributed by atoms with van der Waals surface area (Å²) in [5.41, 5.74) is 2.35. The van der Waals surface area contributed by atoms with Gasteiger partial charge in [-0.05, 0) is 49.7 Å². The Labute approximate surface area is 165 Å². The van der Waals surface area contributed by atoms with Crippen molar-refractivity contribution in [3.8, 4) is 0 Å². The number of nitrogens with one attached hydrogen (secondary N) is 2. The third-order valence-electron chi connectivity index (χ3n) is 5.94. The smallest absolute Gasteiger partial charge is 0.317 e. The molecule has 28 heavy (non-hydrogen) atoms. The van der Waals surface area contributed by atoms with Gasteiger partial charge in [0.05, 0.1) is 6.54 Å². The van der Waals surface area contributed by atoms with Crippen molar-refractivity contribution >= 4 is 17.8 Å². The molecule has 4 rings (SSSR count).